The van der Waals surface area contributed by atoms with Gasteiger partial charge < -0.3 is 4.74 Å². The molecule has 0 N–H and O–H groups in total. The molecule has 2 aromatic rings. The number of methoxy groups -OCH3 is 1. The third-order valence-corrected chi connectivity index (χ3v) is 4.36. The largest absolute Gasteiger partial charge is 0.495 e. The zero-order valence-corrected chi connectivity index (χ0v) is 12.7. The monoisotopic (exact) mass is 282 g/mol. The molecule has 0 radical (unpaired) electrons. The molecule has 3 rings (SSSR count). The fraction of sp³-hybridized carbons (Fsp3) is 0.389. The number of aromatic nitrogens is 1. The Morgan fingerprint density at radius 2 is 1.76 bits per heavy atom. The van der Waals surface area contributed by atoms with Crippen molar-refractivity contribution in [2.45, 2.75) is 25.8 Å². The summed E-state index contributed by atoms with van der Waals surface area (Å²) < 4.78 is 5.24. The highest BCUT2D eigenvalue weighted by atomic mass is 16.5. The van der Waals surface area contributed by atoms with Gasteiger partial charge in [0, 0.05) is 17.8 Å². The van der Waals surface area contributed by atoms with Gasteiger partial charge in [-0.15, -0.1) is 0 Å². The number of hydrogen-bond acceptors (Lipinski definition) is 3. The van der Waals surface area contributed by atoms with Gasteiger partial charge in [0.15, 0.2) is 0 Å². The average Bonchev–Trinajstić information content (AvgIpc) is 3.09. The first-order valence-electron chi connectivity index (χ1n) is 7.61. The van der Waals surface area contributed by atoms with Gasteiger partial charge in [-0.3, -0.25) is 9.88 Å². The van der Waals surface area contributed by atoms with Crippen molar-refractivity contribution in [3.63, 3.8) is 0 Å². The summed E-state index contributed by atoms with van der Waals surface area (Å²) in [5.74, 6) is 0.794. The van der Waals surface area contributed by atoms with E-state index in [0.29, 0.717) is 6.04 Å². The molecule has 3 nitrogen and oxygen atoms in total. The first kappa shape index (κ1) is 14.1. The Bertz CT molecular complexity index is 588. The first-order valence-corrected chi connectivity index (χ1v) is 7.61. The average molecular weight is 282 g/mol. The van der Waals surface area contributed by atoms with Crippen LogP contribution in [0, 0.1) is 0 Å². The lowest BCUT2D eigenvalue weighted by molar-refractivity contribution is 0.263. The topological polar surface area (TPSA) is 25.4 Å². The zero-order valence-electron chi connectivity index (χ0n) is 12.7. The summed E-state index contributed by atoms with van der Waals surface area (Å²) in [4.78, 5) is 6.78. The van der Waals surface area contributed by atoms with Crippen LogP contribution >= 0.6 is 0 Å². The third kappa shape index (κ3) is 3.08. The quantitative estimate of drug-likeness (QED) is 0.850. The summed E-state index contributed by atoms with van der Waals surface area (Å²) in [5, 5.41) is 0. The molecule has 0 amide bonds. The molecular weight excluding hydrogens is 260 g/mol. The van der Waals surface area contributed by atoms with Gasteiger partial charge in [-0.2, -0.15) is 0 Å². The van der Waals surface area contributed by atoms with Crippen LogP contribution < -0.4 is 4.74 Å². The highest BCUT2D eigenvalue weighted by Crippen LogP contribution is 2.28. The van der Waals surface area contributed by atoms with Crippen LogP contribution in [0.4, 0.5) is 0 Å². The molecule has 1 saturated heterocycles. The van der Waals surface area contributed by atoms with Crippen LogP contribution in [0.5, 0.6) is 5.75 Å². The minimum absolute atomic E-state index is 0.505. The van der Waals surface area contributed by atoms with E-state index in [0.717, 1.165) is 11.3 Å². The van der Waals surface area contributed by atoms with Crippen LogP contribution in [0.1, 0.15) is 31.4 Å². The molecule has 0 spiro atoms. The maximum absolute atomic E-state index is 5.24. The summed E-state index contributed by atoms with van der Waals surface area (Å²) in [5.41, 5.74) is 3.66. The van der Waals surface area contributed by atoms with Gasteiger partial charge in [0.05, 0.1) is 13.3 Å². The maximum atomic E-state index is 5.24. The van der Waals surface area contributed by atoms with Gasteiger partial charge in [-0.05, 0) is 50.0 Å². The molecule has 3 heteroatoms. The van der Waals surface area contributed by atoms with E-state index in [9.17, 15) is 0 Å². The van der Waals surface area contributed by atoms with E-state index in [1.807, 2.05) is 12.3 Å². The highest BCUT2D eigenvalue weighted by Gasteiger charge is 2.19. The molecule has 1 fully saturated rings. The van der Waals surface area contributed by atoms with Crippen molar-refractivity contribution in [2.24, 2.45) is 0 Å². The fourth-order valence-electron chi connectivity index (χ4n) is 2.98. The van der Waals surface area contributed by atoms with Crippen LogP contribution in [0.3, 0.4) is 0 Å². The summed E-state index contributed by atoms with van der Waals surface area (Å²) in [7, 11) is 1.67. The lowest BCUT2D eigenvalue weighted by Crippen LogP contribution is -2.23. The van der Waals surface area contributed by atoms with E-state index >= 15 is 0 Å². The number of likely N-dealkylation sites (tertiary alicyclic amines) is 1. The Balaban J connectivity index is 1.79. The minimum Gasteiger partial charge on any atom is -0.495 e. The summed E-state index contributed by atoms with van der Waals surface area (Å²) in [6, 6.07) is 11.4. The molecule has 1 atom stereocenters. The molecule has 1 aromatic heterocycles. The molecule has 1 aromatic carbocycles. The van der Waals surface area contributed by atoms with Gasteiger partial charge >= 0.3 is 0 Å². The van der Waals surface area contributed by atoms with Crippen molar-refractivity contribution in [2.75, 3.05) is 20.2 Å². The van der Waals surface area contributed by atoms with Crippen LogP contribution in [-0.2, 0) is 0 Å². The number of ether oxygens (including phenoxy) is 1. The third-order valence-electron chi connectivity index (χ3n) is 4.36. The van der Waals surface area contributed by atoms with Crippen LogP contribution in [0.15, 0.2) is 42.7 Å². The molecule has 1 aliphatic heterocycles. The molecule has 21 heavy (non-hydrogen) atoms. The van der Waals surface area contributed by atoms with Crippen molar-refractivity contribution in [3.8, 4) is 16.9 Å². The van der Waals surface area contributed by atoms with E-state index in [-0.39, 0.29) is 0 Å². The van der Waals surface area contributed by atoms with Crippen LogP contribution in [0.2, 0.25) is 0 Å². The van der Waals surface area contributed by atoms with Crippen molar-refractivity contribution in [1.82, 2.24) is 9.88 Å². The summed E-state index contributed by atoms with van der Waals surface area (Å²) >= 11 is 0. The molecule has 0 unspecified atom stereocenters. The minimum atomic E-state index is 0.505. The van der Waals surface area contributed by atoms with E-state index < -0.39 is 0 Å². The zero-order chi connectivity index (χ0) is 14.7. The highest BCUT2D eigenvalue weighted by molar-refractivity contribution is 5.64. The van der Waals surface area contributed by atoms with Gasteiger partial charge in [0.2, 0.25) is 0 Å². The second-order valence-electron chi connectivity index (χ2n) is 5.65. The normalized spacial score (nSPS) is 16.9. The van der Waals surface area contributed by atoms with Crippen molar-refractivity contribution in [3.05, 3.63) is 48.3 Å². The number of benzene rings is 1. The Labute approximate surface area is 126 Å². The molecule has 0 aliphatic carbocycles. The standard InChI is InChI=1S/C18H22N2O/c1-14(20-9-3-4-10-20)15-5-7-16(8-6-15)17-11-18(21-2)13-19-12-17/h5-8,11-14H,3-4,9-10H2,1-2H3/t14-/m1/s1. The molecule has 0 saturated carbocycles. The fourth-order valence-corrected chi connectivity index (χ4v) is 2.98. The Kier molecular flexibility index (Phi) is 4.20. The SMILES string of the molecule is COc1cncc(-c2ccc([C@@H](C)N3CCCC3)cc2)c1. The van der Waals surface area contributed by atoms with Crippen LogP contribution in [0.25, 0.3) is 11.1 Å². The van der Waals surface area contributed by atoms with Gasteiger partial charge in [-0.25, -0.2) is 0 Å². The van der Waals surface area contributed by atoms with Gasteiger partial charge in [0.25, 0.3) is 0 Å². The number of pyridine rings is 1. The van der Waals surface area contributed by atoms with Gasteiger partial charge in [-0.1, -0.05) is 24.3 Å². The predicted molar refractivity (Wildman–Crippen MR) is 85.4 cm³/mol. The second-order valence-corrected chi connectivity index (χ2v) is 5.65. The second kappa shape index (κ2) is 6.27. The smallest absolute Gasteiger partial charge is 0.137 e. The lowest BCUT2D eigenvalue weighted by Gasteiger charge is -2.24. The van der Waals surface area contributed by atoms with E-state index in [2.05, 4.69) is 41.1 Å². The molecule has 2 heterocycles. The number of rotatable bonds is 4. The first-order chi connectivity index (χ1) is 10.3. The van der Waals surface area contributed by atoms with E-state index in [1.165, 1.54) is 37.1 Å². The molecule has 110 valence electrons. The van der Waals surface area contributed by atoms with Crippen molar-refractivity contribution < 1.29 is 4.74 Å². The van der Waals surface area contributed by atoms with E-state index in [1.54, 1.807) is 13.3 Å². The summed E-state index contributed by atoms with van der Waals surface area (Å²) in [6.45, 7) is 4.75. The number of nitrogens with zero attached hydrogens (tertiary/aromatic N) is 2. The molecule has 0 bridgehead atoms. The van der Waals surface area contributed by atoms with E-state index in [4.69, 9.17) is 4.74 Å². The lowest BCUT2D eigenvalue weighted by atomic mass is 10.0. The Morgan fingerprint density at radius 3 is 2.43 bits per heavy atom. The van der Waals surface area contributed by atoms with Gasteiger partial charge in [0.1, 0.15) is 5.75 Å². The number of hydrogen-bond donors (Lipinski definition) is 0. The maximum Gasteiger partial charge on any atom is 0.137 e. The molecular formula is C18H22N2O. The van der Waals surface area contributed by atoms with Crippen molar-refractivity contribution >= 4 is 0 Å². The Hall–Kier alpha value is -1.87. The van der Waals surface area contributed by atoms with Crippen LogP contribution in [-0.4, -0.2) is 30.1 Å². The predicted octanol–water partition coefficient (Wildman–Crippen LogP) is 3.91. The summed E-state index contributed by atoms with van der Waals surface area (Å²) in [6.07, 6.45) is 6.27. The Morgan fingerprint density at radius 1 is 1.05 bits per heavy atom. The van der Waals surface area contributed by atoms with Crippen molar-refractivity contribution in [1.29, 1.82) is 0 Å². The molecule has 1 aliphatic rings.